The number of hydrogen-bond donors (Lipinski definition) is 2. The van der Waals surface area contributed by atoms with Crippen LogP contribution in [0.15, 0.2) is 48.5 Å². The molecule has 6 heteroatoms. The summed E-state index contributed by atoms with van der Waals surface area (Å²) in [6.07, 6.45) is 0.820. The van der Waals surface area contributed by atoms with Crippen LogP contribution in [-0.4, -0.2) is 18.4 Å². The Bertz CT molecular complexity index is 827. The van der Waals surface area contributed by atoms with Crippen LogP contribution < -0.4 is 15.4 Å². The molecule has 27 heavy (non-hydrogen) atoms. The standard InChI is InChI=1S/C21H23N3O3/c1-16-6-2-3-9-19(16)27-13-5-10-20(25)23-15-17-7-4-8-18(14-17)24-21(26)11-12-22/h2-4,6-9,14H,5,10-11,13,15H2,1H3,(H,23,25)(H,24,26). The highest BCUT2D eigenvalue weighted by Gasteiger charge is 2.05. The van der Waals surface area contributed by atoms with Gasteiger partial charge >= 0.3 is 0 Å². The van der Waals surface area contributed by atoms with E-state index in [2.05, 4.69) is 10.6 Å². The van der Waals surface area contributed by atoms with Gasteiger partial charge in [0.25, 0.3) is 0 Å². The Labute approximate surface area is 159 Å². The molecule has 2 rings (SSSR count). The number of nitrogens with zero attached hydrogens (tertiary/aromatic N) is 1. The second kappa shape index (κ2) is 10.6. The average Bonchev–Trinajstić information content (AvgIpc) is 2.65. The van der Waals surface area contributed by atoms with Gasteiger partial charge in [0.15, 0.2) is 0 Å². The predicted molar refractivity (Wildman–Crippen MR) is 103 cm³/mol. The van der Waals surface area contributed by atoms with Crippen molar-refractivity contribution in [2.45, 2.75) is 32.7 Å². The summed E-state index contributed by atoms with van der Waals surface area (Å²) in [4.78, 5) is 23.4. The third-order valence-corrected chi connectivity index (χ3v) is 3.84. The maximum absolute atomic E-state index is 12.0. The molecule has 0 saturated heterocycles. The first-order chi connectivity index (χ1) is 13.1. The number of carbonyl (C=O) groups is 2. The first kappa shape index (κ1) is 20.0. The minimum absolute atomic E-state index is 0.0534. The third-order valence-electron chi connectivity index (χ3n) is 3.84. The van der Waals surface area contributed by atoms with Crippen LogP contribution in [-0.2, 0) is 16.1 Å². The van der Waals surface area contributed by atoms with Crippen molar-refractivity contribution >= 4 is 17.5 Å². The lowest BCUT2D eigenvalue weighted by molar-refractivity contribution is -0.121. The number of hydrogen-bond acceptors (Lipinski definition) is 4. The number of rotatable bonds is 9. The Morgan fingerprint density at radius 3 is 2.70 bits per heavy atom. The first-order valence-electron chi connectivity index (χ1n) is 8.79. The second-order valence-electron chi connectivity index (χ2n) is 6.08. The lowest BCUT2D eigenvalue weighted by Crippen LogP contribution is -2.23. The van der Waals surface area contributed by atoms with E-state index < -0.39 is 0 Å². The SMILES string of the molecule is Cc1ccccc1OCCCC(=O)NCc1cccc(NC(=O)CC#N)c1. The van der Waals surface area contributed by atoms with Gasteiger partial charge in [0, 0.05) is 18.7 Å². The van der Waals surface area contributed by atoms with Gasteiger partial charge in [-0.1, -0.05) is 30.3 Å². The van der Waals surface area contributed by atoms with Crippen LogP contribution in [0, 0.1) is 18.3 Å². The van der Waals surface area contributed by atoms with Crippen LogP contribution in [0.5, 0.6) is 5.75 Å². The minimum Gasteiger partial charge on any atom is -0.493 e. The molecule has 0 fully saturated rings. The molecule has 6 nitrogen and oxygen atoms in total. The van der Waals surface area contributed by atoms with Crippen molar-refractivity contribution in [3.63, 3.8) is 0 Å². The first-order valence-corrected chi connectivity index (χ1v) is 8.79. The van der Waals surface area contributed by atoms with Gasteiger partial charge in [-0.25, -0.2) is 0 Å². The molecule has 0 bridgehead atoms. The summed E-state index contributed by atoms with van der Waals surface area (Å²) in [7, 11) is 0. The van der Waals surface area contributed by atoms with E-state index in [1.807, 2.05) is 37.3 Å². The number of amides is 2. The number of para-hydroxylation sites is 1. The van der Waals surface area contributed by atoms with Crippen LogP contribution in [0.1, 0.15) is 30.4 Å². The average molecular weight is 365 g/mol. The quantitative estimate of drug-likeness (QED) is 0.667. The summed E-state index contributed by atoms with van der Waals surface area (Å²) < 4.78 is 5.68. The summed E-state index contributed by atoms with van der Waals surface area (Å²) in [6, 6.07) is 16.7. The Balaban J connectivity index is 1.70. The van der Waals surface area contributed by atoms with Crippen molar-refractivity contribution in [2.75, 3.05) is 11.9 Å². The number of carbonyl (C=O) groups excluding carboxylic acids is 2. The van der Waals surface area contributed by atoms with Crippen LogP contribution in [0.2, 0.25) is 0 Å². The van der Waals surface area contributed by atoms with E-state index in [1.54, 1.807) is 24.3 Å². The van der Waals surface area contributed by atoms with E-state index in [9.17, 15) is 9.59 Å². The molecular weight excluding hydrogens is 342 g/mol. The van der Waals surface area contributed by atoms with Gasteiger partial charge in [-0.3, -0.25) is 9.59 Å². The van der Waals surface area contributed by atoms with Crippen molar-refractivity contribution in [2.24, 2.45) is 0 Å². The lowest BCUT2D eigenvalue weighted by Gasteiger charge is -2.10. The highest BCUT2D eigenvalue weighted by atomic mass is 16.5. The number of nitriles is 1. The molecule has 0 aromatic heterocycles. The zero-order valence-corrected chi connectivity index (χ0v) is 15.3. The molecule has 0 atom stereocenters. The fraction of sp³-hybridized carbons (Fsp3) is 0.286. The Morgan fingerprint density at radius 2 is 1.93 bits per heavy atom. The van der Waals surface area contributed by atoms with Crippen LogP contribution >= 0.6 is 0 Å². The Morgan fingerprint density at radius 1 is 1.11 bits per heavy atom. The highest BCUT2D eigenvalue weighted by Crippen LogP contribution is 2.16. The maximum atomic E-state index is 12.0. The molecule has 0 aliphatic carbocycles. The number of aryl methyl sites for hydroxylation is 1. The van der Waals surface area contributed by atoms with Crippen LogP contribution in [0.3, 0.4) is 0 Å². The summed E-state index contributed by atoms with van der Waals surface area (Å²) in [5.74, 6) is 0.433. The van der Waals surface area contributed by atoms with E-state index in [1.165, 1.54) is 0 Å². The molecule has 0 aliphatic rings. The zero-order valence-electron chi connectivity index (χ0n) is 15.3. The Hall–Kier alpha value is -3.33. The van der Waals surface area contributed by atoms with Gasteiger partial charge < -0.3 is 15.4 Å². The number of ether oxygens (including phenoxy) is 1. The fourth-order valence-corrected chi connectivity index (χ4v) is 2.46. The van der Waals surface area contributed by atoms with E-state index in [4.69, 9.17) is 10.00 Å². The van der Waals surface area contributed by atoms with Gasteiger partial charge in [0.1, 0.15) is 12.2 Å². The predicted octanol–water partition coefficient (Wildman–Crippen LogP) is 3.32. The zero-order chi connectivity index (χ0) is 19.5. The maximum Gasteiger partial charge on any atom is 0.238 e. The normalized spacial score (nSPS) is 9.93. The van der Waals surface area contributed by atoms with Crippen molar-refractivity contribution in [3.05, 3.63) is 59.7 Å². The van der Waals surface area contributed by atoms with Crippen LogP contribution in [0.25, 0.3) is 0 Å². The fourth-order valence-electron chi connectivity index (χ4n) is 2.46. The topological polar surface area (TPSA) is 91.2 Å². The molecule has 0 radical (unpaired) electrons. The highest BCUT2D eigenvalue weighted by molar-refractivity contribution is 5.92. The molecule has 0 heterocycles. The van der Waals surface area contributed by atoms with Gasteiger partial charge in [0.2, 0.25) is 11.8 Å². The van der Waals surface area contributed by atoms with E-state index in [-0.39, 0.29) is 18.2 Å². The molecule has 0 saturated carbocycles. The largest absolute Gasteiger partial charge is 0.493 e. The summed E-state index contributed by atoms with van der Waals surface area (Å²) >= 11 is 0. The summed E-state index contributed by atoms with van der Waals surface area (Å²) in [5.41, 5.74) is 2.55. The molecule has 2 amide bonds. The number of benzene rings is 2. The van der Waals surface area contributed by atoms with Gasteiger partial charge in [-0.15, -0.1) is 0 Å². The molecule has 0 unspecified atom stereocenters. The lowest BCUT2D eigenvalue weighted by atomic mass is 10.2. The molecule has 0 spiro atoms. The van der Waals surface area contributed by atoms with Crippen molar-refractivity contribution in [1.29, 1.82) is 5.26 Å². The summed E-state index contributed by atoms with van der Waals surface area (Å²) in [6.45, 7) is 2.84. The van der Waals surface area contributed by atoms with Gasteiger partial charge in [-0.2, -0.15) is 5.26 Å². The molecule has 140 valence electrons. The molecule has 2 aromatic rings. The monoisotopic (exact) mass is 365 g/mol. The molecule has 0 aliphatic heterocycles. The van der Waals surface area contributed by atoms with E-state index >= 15 is 0 Å². The van der Waals surface area contributed by atoms with Crippen molar-refractivity contribution in [3.8, 4) is 11.8 Å². The third kappa shape index (κ3) is 7.20. The van der Waals surface area contributed by atoms with E-state index in [0.29, 0.717) is 31.7 Å². The number of nitrogens with one attached hydrogen (secondary N) is 2. The van der Waals surface area contributed by atoms with Crippen molar-refractivity contribution < 1.29 is 14.3 Å². The molecule has 2 aromatic carbocycles. The second-order valence-corrected chi connectivity index (χ2v) is 6.08. The Kier molecular flexibility index (Phi) is 7.86. The van der Waals surface area contributed by atoms with Crippen LogP contribution in [0.4, 0.5) is 5.69 Å². The molecular formula is C21H23N3O3. The summed E-state index contributed by atoms with van der Waals surface area (Å²) in [5, 5.41) is 14.0. The minimum atomic E-state index is -0.354. The van der Waals surface area contributed by atoms with Gasteiger partial charge in [0.05, 0.1) is 12.7 Å². The number of anilines is 1. The molecule has 2 N–H and O–H groups in total. The van der Waals surface area contributed by atoms with E-state index in [0.717, 1.165) is 16.9 Å². The van der Waals surface area contributed by atoms with Gasteiger partial charge in [-0.05, 0) is 42.7 Å². The smallest absolute Gasteiger partial charge is 0.238 e. The van der Waals surface area contributed by atoms with Crippen molar-refractivity contribution in [1.82, 2.24) is 5.32 Å².